The Hall–Kier alpha value is 0.880. The van der Waals surface area contributed by atoms with E-state index < -0.39 is 8.08 Å². The van der Waals surface area contributed by atoms with Gasteiger partial charge in [0.15, 0.2) is 0 Å². The molecule has 0 amide bonds. The predicted molar refractivity (Wildman–Crippen MR) is 28.2 cm³/mol. The van der Waals surface area contributed by atoms with Gasteiger partial charge in [-0.05, 0) is 10.7 Å². The van der Waals surface area contributed by atoms with Crippen LogP contribution < -0.4 is 0 Å². The van der Waals surface area contributed by atoms with Gasteiger partial charge in [0.2, 0.25) is 0 Å². The second-order valence-electron chi connectivity index (χ2n) is 0.456. The summed E-state index contributed by atoms with van der Waals surface area (Å²) in [4.78, 5) is 0. The molecule has 0 unspecified atom stereocenters. The minimum atomic E-state index is -3.51. The summed E-state index contributed by atoms with van der Waals surface area (Å²) in [5.41, 5.74) is 0. The standard InChI is InChI=1S/Cl2O2S2/c1-5-6(2,3)4. The van der Waals surface area contributed by atoms with Gasteiger partial charge in [0, 0.05) is 10.7 Å². The molecule has 38 valence electrons. The highest BCUT2D eigenvalue weighted by Crippen LogP contribution is 2.20. The Labute approximate surface area is 48.1 Å². The second-order valence-corrected chi connectivity index (χ2v) is 5.96. The fraction of sp³-hybridized carbons (Fsp3) is 0. The molecule has 0 aromatic carbocycles. The maximum absolute atomic E-state index is 9.60. The molecule has 0 aromatic heterocycles. The zero-order chi connectivity index (χ0) is 5.21. The minimum Gasteiger partial charge on any atom is -0.199 e. The van der Waals surface area contributed by atoms with Gasteiger partial charge in [0.05, 0.1) is 10.0 Å². The van der Waals surface area contributed by atoms with Crippen molar-refractivity contribution in [3.8, 4) is 0 Å². The van der Waals surface area contributed by atoms with E-state index in [0.717, 1.165) is 0 Å². The first-order valence-corrected chi connectivity index (χ1v) is 5.28. The summed E-state index contributed by atoms with van der Waals surface area (Å²) >= 11 is 0. The third kappa shape index (κ3) is 4.88. The summed E-state index contributed by atoms with van der Waals surface area (Å²) < 4.78 is 19.2. The minimum absolute atomic E-state index is 0.0918. The lowest BCUT2D eigenvalue weighted by Gasteiger charge is -1.73. The van der Waals surface area contributed by atoms with Crippen molar-refractivity contribution in [3.63, 3.8) is 0 Å². The molecule has 2 nitrogen and oxygen atoms in total. The first-order chi connectivity index (χ1) is 2.56. The number of halogens is 2. The van der Waals surface area contributed by atoms with Crippen LogP contribution in [0.4, 0.5) is 0 Å². The Morgan fingerprint density at radius 1 is 1.50 bits per heavy atom. The number of hydrogen-bond acceptors (Lipinski definition) is 3. The molecule has 0 heterocycles. The first-order valence-electron chi connectivity index (χ1n) is 0.809. The smallest absolute Gasteiger partial charge is 0.199 e. The monoisotopic (exact) mass is 166 g/mol. The van der Waals surface area contributed by atoms with Crippen LogP contribution in [0.25, 0.3) is 0 Å². The second kappa shape index (κ2) is 2.26. The van der Waals surface area contributed by atoms with Gasteiger partial charge in [-0.1, -0.05) is 0 Å². The topological polar surface area (TPSA) is 34.1 Å². The fourth-order valence-corrected chi connectivity index (χ4v) is 0. The van der Waals surface area contributed by atoms with E-state index in [-0.39, 0.29) is 10.0 Å². The molecule has 0 saturated heterocycles. The number of rotatable bonds is 1. The lowest BCUT2D eigenvalue weighted by atomic mass is 15.9. The fourth-order valence-electron chi connectivity index (χ4n) is 0. The lowest BCUT2D eigenvalue weighted by Crippen LogP contribution is -1.68. The van der Waals surface area contributed by atoms with Crippen LogP contribution in [0.2, 0.25) is 0 Å². The van der Waals surface area contributed by atoms with E-state index in [4.69, 9.17) is 0 Å². The Kier molecular flexibility index (Phi) is 2.59. The first kappa shape index (κ1) is 6.88. The molecule has 0 rings (SSSR count). The molecule has 0 aromatic rings. The quantitative estimate of drug-likeness (QED) is 0.436. The van der Waals surface area contributed by atoms with Crippen molar-refractivity contribution in [1.82, 2.24) is 0 Å². The molecule has 0 aliphatic rings. The van der Waals surface area contributed by atoms with Gasteiger partial charge in [0.1, 0.15) is 0 Å². The van der Waals surface area contributed by atoms with Crippen LogP contribution in [-0.2, 0) is 8.08 Å². The predicted octanol–water partition coefficient (Wildman–Crippen LogP) is 1.36. The van der Waals surface area contributed by atoms with Gasteiger partial charge >= 0.3 is 0 Å². The van der Waals surface area contributed by atoms with E-state index in [1.807, 2.05) is 0 Å². The van der Waals surface area contributed by atoms with E-state index in [9.17, 15) is 8.42 Å². The van der Waals surface area contributed by atoms with Crippen molar-refractivity contribution in [2.24, 2.45) is 0 Å². The van der Waals surface area contributed by atoms with Crippen molar-refractivity contribution < 1.29 is 8.42 Å². The Bertz CT molecular complexity index is 112. The molecule has 0 spiro atoms. The molecule has 0 bridgehead atoms. The molecular formula is Cl2O2S2. The van der Waals surface area contributed by atoms with Gasteiger partial charge in [0.25, 0.3) is 8.08 Å². The van der Waals surface area contributed by atoms with Crippen molar-refractivity contribution in [3.05, 3.63) is 0 Å². The third-order valence-corrected chi connectivity index (χ3v) is 3.32. The zero-order valence-corrected chi connectivity index (χ0v) is 5.53. The van der Waals surface area contributed by atoms with E-state index >= 15 is 0 Å². The Morgan fingerprint density at radius 3 is 1.67 bits per heavy atom. The van der Waals surface area contributed by atoms with E-state index in [0.29, 0.717) is 0 Å². The average Bonchev–Trinajstić information content (AvgIpc) is 1.35. The summed E-state index contributed by atoms with van der Waals surface area (Å²) in [5.74, 6) is 0. The number of hydrogen-bond donors (Lipinski definition) is 0. The van der Waals surface area contributed by atoms with Gasteiger partial charge in [-0.15, -0.1) is 0 Å². The van der Waals surface area contributed by atoms with Crippen LogP contribution in [-0.4, -0.2) is 8.42 Å². The molecular weight excluding hydrogens is 167 g/mol. The molecule has 0 radical (unpaired) electrons. The summed E-state index contributed by atoms with van der Waals surface area (Å²) in [7, 11) is 5.78. The van der Waals surface area contributed by atoms with Crippen molar-refractivity contribution in [2.75, 3.05) is 0 Å². The van der Waals surface area contributed by atoms with Crippen LogP contribution >= 0.6 is 31.4 Å². The summed E-state index contributed by atoms with van der Waals surface area (Å²) in [6.07, 6.45) is 0. The molecule has 0 aliphatic heterocycles. The summed E-state index contributed by atoms with van der Waals surface area (Å²) in [6, 6.07) is 0. The normalized spacial score (nSPS) is 11.7. The molecule has 0 saturated carbocycles. The largest absolute Gasteiger partial charge is 0.300 e. The molecule has 0 aliphatic carbocycles. The van der Waals surface area contributed by atoms with Crippen LogP contribution in [0.5, 0.6) is 0 Å². The van der Waals surface area contributed by atoms with Crippen molar-refractivity contribution in [1.29, 1.82) is 0 Å². The van der Waals surface area contributed by atoms with Crippen molar-refractivity contribution >= 4 is 39.5 Å². The highest BCUT2D eigenvalue weighted by atomic mass is 35.8. The average molecular weight is 167 g/mol. The SMILES string of the molecule is O=S(=O)(Cl)SCl. The maximum Gasteiger partial charge on any atom is 0.300 e. The van der Waals surface area contributed by atoms with Gasteiger partial charge < -0.3 is 0 Å². The van der Waals surface area contributed by atoms with Gasteiger partial charge in [-0.3, -0.25) is 0 Å². The third-order valence-electron chi connectivity index (χ3n) is 0.0752. The maximum atomic E-state index is 9.60. The zero-order valence-electron chi connectivity index (χ0n) is 2.39. The van der Waals surface area contributed by atoms with Crippen LogP contribution in [0.1, 0.15) is 0 Å². The summed E-state index contributed by atoms with van der Waals surface area (Å²) in [5, 5.41) is 0. The van der Waals surface area contributed by atoms with E-state index in [1.165, 1.54) is 0 Å². The van der Waals surface area contributed by atoms with Gasteiger partial charge in [-0.25, -0.2) is 0 Å². The molecule has 6 heteroatoms. The highest BCUT2D eigenvalue weighted by molar-refractivity contribution is 8.87. The molecule has 0 N–H and O–H groups in total. The Morgan fingerprint density at radius 2 is 1.67 bits per heavy atom. The Balaban J connectivity index is 3.85. The van der Waals surface area contributed by atoms with Crippen LogP contribution in [0.3, 0.4) is 0 Å². The molecule has 0 fully saturated rings. The summed E-state index contributed by atoms with van der Waals surface area (Å²) in [6.45, 7) is 0. The lowest BCUT2D eigenvalue weighted by molar-refractivity contribution is 0.622. The van der Waals surface area contributed by atoms with E-state index in [1.54, 1.807) is 0 Å². The van der Waals surface area contributed by atoms with Gasteiger partial charge in [-0.2, -0.15) is 8.42 Å². The molecule has 6 heavy (non-hydrogen) atoms. The van der Waals surface area contributed by atoms with Crippen LogP contribution in [0, 0.1) is 0 Å². The van der Waals surface area contributed by atoms with E-state index in [2.05, 4.69) is 21.4 Å². The molecule has 0 atom stereocenters. The van der Waals surface area contributed by atoms with Crippen LogP contribution in [0.15, 0.2) is 0 Å². The van der Waals surface area contributed by atoms with Crippen molar-refractivity contribution in [2.45, 2.75) is 0 Å². The highest BCUT2D eigenvalue weighted by Gasteiger charge is 1.99.